The molecule has 0 aliphatic rings. The van der Waals surface area contributed by atoms with Gasteiger partial charge in [0.05, 0.1) is 14.2 Å². The van der Waals surface area contributed by atoms with Crippen LogP contribution in [0.25, 0.3) is 0 Å². The number of methoxy groups -OCH3 is 2. The van der Waals surface area contributed by atoms with Crippen molar-refractivity contribution in [1.29, 1.82) is 5.26 Å². The van der Waals surface area contributed by atoms with Crippen LogP contribution in [-0.2, 0) is 0 Å². The molecule has 0 aliphatic heterocycles. The molecule has 0 aromatic heterocycles. The van der Waals surface area contributed by atoms with Gasteiger partial charge in [-0.25, -0.2) is 4.39 Å². The number of nitrogens with zero attached hydrogens (tertiary/aromatic N) is 1. The summed E-state index contributed by atoms with van der Waals surface area (Å²) in [5, 5.41) is 8.71. The molecule has 0 atom stereocenters. The van der Waals surface area contributed by atoms with Gasteiger partial charge in [0.2, 0.25) is 0 Å². The second kappa shape index (κ2) is 3.76. The highest BCUT2D eigenvalue weighted by molar-refractivity contribution is 5.53. The molecule has 3 nitrogen and oxygen atoms in total. The number of nitriles is 1. The lowest BCUT2D eigenvalue weighted by atomic mass is 10.2. The van der Waals surface area contributed by atoms with Gasteiger partial charge in [0.15, 0.2) is 11.6 Å². The molecule has 13 heavy (non-hydrogen) atoms. The zero-order valence-electron chi connectivity index (χ0n) is 7.30. The lowest BCUT2D eigenvalue weighted by Gasteiger charge is -2.07. The summed E-state index contributed by atoms with van der Waals surface area (Å²) in [6.07, 6.45) is 0. The maximum Gasteiger partial charge on any atom is 0.176 e. The molecule has 0 spiro atoms. The molecular formula is C9H8FNO2. The first-order valence-corrected chi connectivity index (χ1v) is 3.55. The number of halogens is 1. The summed E-state index contributed by atoms with van der Waals surface area (Å²) in [5.41, 5.74) is 0.0741. The van der Waals surface area contributed by atoms with E-state index >= 15 is 0 Å². The Hall–Kier alpha value is -1.76. The van der Waals surface area contributed by atoms with Crippen LogP contribution < -0.4 is 9.47 Å². The van der Waals surface area contributed by atoms with Crippen molar-refractivity contribution in [3.05, 3.63) is 23.5 Å². The van der Waals surface area contributed by atoms with Gasteiger partial charge in [0.1, 0.15) is 17.4 Å². The third-order valence-corrected chi connectivity index (χ3v) is 1.61. The number of hydrogen-bond acceptors (Lipinski definition) is 3. The summed E-state index contributed by atoms with van der Waals surface area (Å²) in [6.45, 7) is 0. The highest BCUT2D eigenvalue weighted by Gasteiger charge is 2.13. The summed E-state index contributed by atoms with van der Waals surface area (Å²) in [7, 11) is 2.71. The van der Waals surface area contributed by atoms with E-state index in [0.717, 1.165) is 0 Å². The van der Waals surface area contributed by atoms with Crippen LogP contribution in [0.1, 0.15) is 5.56 Å². The molecule has 0 unspecified atom stereocenters. The first-order valence-electron chi connectivity index (χ1n) is 3.55. The van der Waals surface area contributed by atoms with Gasteiger partial charge in [0, 0.05) is 0 Å². The van der Waals surface area contributed by atoms with Crippen molar-refractivity contribution in [2.45, 2.75) is 0 Å². The highest BCUT2D eigenvalue weighted by Crippen LogP contribution is 2.29. The Morgan fingerprint density at radius 3 is 2.46 bits per heavy atom. The van der Waals surface area contributed by atoms with Crippen LogP contribution in [0.4, 0.5) is 4.39 Å². The minimum absolute atomic E-state index is 0.0741. The van der Waals surface area contributed by atoms with E-state index in [1.54, 1.807) is 0 Å². The van der Waals surface area contributed by atoms with Crippen molar-refractivity contribution in [1.82, 2.24) is 0 Å². The highest BCUT2D eigenvalue weighted by atomic mass is 19.1. The van der Waals surface area contributed by atoms with Crippen LogP contribution in [0.5, 0.6) is 11.5 Å². The first-order chi connectivity index (χ1) is 6.24. The normalized spacial score (nSPS) is 9.08. The van der Waals surface area contributed by atoms with Crippen LogP contribution in [0, 0.1) is 17.1 Å². The van der Waals surface area contributed by atoms with E-state index in [4.69, 9.17) is 14.7 Å². The Morgan fingerprint density at radius 2 is 2.00 bits per heavy atom. The summed E-state index contributed by atoms with van der Waals surface area (Å²) in [6, 6.07) is 4.40. The fourth-order valence-electron chi connectivity index (χ4n) is 1.01. The molecule has 0 saturated carbocycles. The minimum Gasteiger partial charge on any atom is -0.495 e. The van der Waals surface area contributed by atoms with Crippen LogP contribution in [0.15, 0.2) is 12.1 Å². The second-order valence-corrected chi connectivity index (χ2v) is 2.27. The predicted molar refractivity (Wildman–Crippen MR) is 44.2 cm³/mol. The monoisotopic (exact) mass is 181 g/mol. The Morgan fingerprint density at radius 1 is 1.31 bits per heavy atom. The molecule has 0 radical (unpaired) electrons. The molecule has 0 amide bonds. The van der Waals surface area contributed by atoms with Crippen LogP contribution in [0.2, 0.25) is 0 Å². The van der Waals surface area contributed by atoms with Crippen molar-refractivity contribution in [3.63, 3.8) is 0 Å². The SMILES string of the molecule is COc1ccc(F)c(OC)c1C#N. The van der Waals surface area contributed by atoms with Crippen molar-refractivity contribution in [3.8, 4) is 17.6 Å². The Labute approximate surface area is 75.3 Å². The van der Waals surface area contributed by atoms with Gasteiger partial charge in [-0.2, -0.15) is 5.26 Å². The fourth-order valence-corrected chi connectivity index (χ4v) is 1.01. The molecule has 1 rings (SSSR count). The zero-order chi connectivity index (χ0) is 9.84. The predicted octanol–water partition coefficient (Wildman–Crippen LogP) is 1.71. The number of ether oxygens (including phenoxy) is 2. The summed E-state index contributed by atoms with van der Waals surface area (Å²) >= 11 is 0. The molecule has 68 valence electrons. The second-order valence-electron chi connectivity index (χ2n) is 2.27. The van der Waals surface area contributed by atoms with E-state index < -0.39 is 5.82 Å². The molecule has 0 saturated heterocycles. The molecule has 4 heteroatoms. The van der Waals surface area contributed by atoms with Gasteiger partial charge < -0.3 is 9.47 Å². The smallest absolute Gasteiger partial charge is 0.176 e. The molecule has 0 aliphatic carbocycles. The minimum atomic E-state index is -0.570. The average molecular weight is 181 g/mol. The van der Waals surface area contributed by atoms with E-state index in [0.29, 0.717) is 5.75 Å². The summed E-state index contributed by atoms with van der Waals surface area (Å²) in [4.78, 5) is 0. The topological polar surface area (TPSA) is 42.2 Å². The van der Waals surface area contributed by atoms with Crippen molar-refractivity contribution < 1.29 is 13.9 Å². The van der Waals surface area contributed by atoms with E-state index in [1.165, 1.54) is 26.4 Å². The summed E-state index contributed by atoms with van der Waals surface area (Å²) < 4.78 is 22.6. The number of hydrogen-bond donors (Lipinski definition) is 0. The molecule has 0 heterocycles. The quantitative estimate of drug-likeness (QED) is 0.697. The molecule has 1 aromatic rings. The van der Waals surface area contributed by atoms with Gasteiger partial charge >= 0.3 is 0 Å². The van der Waals surface area contributed by atoms with Gasteiger partial charge in [-0.3, -0.25) is 0 Å². The number of benzene rings is 1. The third kappa shape index (κ3) is 1.54. The van der Waals surface area contributed by atoms with E-state index in [1.807, 2.05) is 6.07 Å². The van der Waals surface area contributed by atoms with E-state index in [-0.39, 0.29) is 11.3 Å². The van der Waals surface area contributed by atoms with Gasteiger partial charge in [-0.1, -0.05) is 0 Å². The van der Waals surface area contributed by atoms with Crippen LogP contribution >= 0.6 is 0 Å². The van der Waals surface area contributed by atoms with E-state index in [2.05, 4.69) is 0 Å². The maximum atomic E-state index is 13.0. The number of rotatable bonds is 2. The van der Waals surface area contributed by atoms with Gasteiger partial charge in [0.25, 0.3) is 0 Å². The lowest BCUT2D eigenvalue weighted by Crippen LogP contribution is -1.95. The third-order valence-electron chi connectivity index (χ3n) is 1.61. The zero-order valence-corrected chi connectivity index (χ0v) is 7.30. The molecular weight excluding hydrogens is 173 g/mol. The standard InChI is InChI=1S/C9H8FNO2/c1-12-8-4-3-7(10)9(13-2)6(8)5-11/h3-4H,1-2H3. The Bertz CT molecular complexity index is 357. The van der Waals surface area contributed by atoms with Crippen molar-refractivity contribution >= 4 is 0 Å². The maximum absolute atomic E-state index is 13.0. The Balaban J connectivity index is 3.39. The van der Waals surface area contributed by atoms with Crippen LogP contribution in [0.3, 0.4) is 0 Å². The lowest BCUT2D eigenvalue weighted by molar-refractivity contribution is 0.371. The van der Waals surface area contributed by atoms with Crippen molar-refractivity contribution in [2.24, 2.45) is 0 Å². The molecule has 1 aromatic carbocycles. The molecule has 0 N–H and O–H groups in total. The van der Waals surface area contributed by atoms with E-state index in [9.17, 15) is 4.39 Å². The molecule has 0 fully saturated rings. The fraction of sp³-hybridized carbons (Fsp3) is 0.222. The van der Waals surface area contributed by atoms with Gasteiger partial charge in [-0.05, 0) is 12.1 Å². The average Bonchev–Trinajstić information content (AvgIpc) is 2.17. The largest absolute Gasteiger partial charge is 0.495 e. The van der Waals surface area contributed by atoms with Crippen LogP contribution in [-0.4, -0.2) is 14.2 Å². The van der Waals surface area contributed by atoms with Gasteiger partial charge in [-0.15, -0.1) is 0 Å². The van der Waals surface area contributed by atoms with Crippen molar-refractivity contribution in [2.75, 3.05) is 14.2 Å². The summed E-state index contributed by atoms with van der Waals surface area (Å²) in [5.74, 6) is -0.345. The first kappa shape index (κ1) is 9.33. The Kier molecular flexibility index (Phi) is 2.70. The molecule has 0 bridgehead atoms.